The van der Waals surface area contributed by atoms with Crippen molar-refractivity contribution in [2.45, 2.75) is 32.0 Å². The van der Waals surface area contributed by atoms with Crippen molar-refractivity contribution in [3.05, 3.63) is 34.9 Å². The number of hydrogen-bond acceptors (Lipinski definition) is 0. The van der Waals surface area contributed by atoms with Gasteiger partial charge in [0.15, 0.2) is 0 Å². The molecule has 3 heteroatoms. The molecular weight excluding hydrogens is 262 g/mol. The van der Waals surface area contributed by atoms with Crippen LogP contribution in [0.3, 0.4) is 0 Å². The Morgan fingerprint density at radius 2 is 1.80 bits per heavy atom. The van der Waals surface area contributed by atoms with Gasteiger partial charge in [0, 0.05) is 16.5 Å². The molecule has 15 heavy (non-hydrogen) atoms. The average molecular weight is 277 g/mol. The Balaban J connectivity index is 2.98. The van der Waals surface area contributed by atoms with Crippen LogP contribution < -0.4 is 0 Å². The van der Waals surface area contributed by atoms with Gasteiger partial charge < -0.3 is 0 Å². The molecular formula is C12H15BrF2. The Morgan fingerprint density at radius 3 is 2.33 bits per heavy atom. The van der Waals surface area contributed by atoms with Gasteiger partial charge in [-0.05, 0) is 30.9 Å². The molecule has 1 aromatic carbocycles. The largest absolute Gasteiger partial charge is 0.207 e. The highest BCUT2D eigenvalue weighted by Gasteiger charge is 2.16. The van der Waals surface area contributed by atoms with Crippen molar-refractivity contribution in [1.82, 2.24) is 0 Å². The van der Waals surface area contributed by atoms with Gasteiger partial charge in [-0.15, -0.1) is 0 Å². The van der Waals surface area contributed by atoms with E-state index in [-0.39, 0.29) is 4.83 Å². The Kier molecular flexibility index (Phi) is 4.26. The number of benzene rings is 1. The second-order valence-corrected chi connectivity index (χ2v) is 5.33. The fraction of sp³-hybridized carbons (Fsp3) is 0.500. The van der Waals surface area contributed by atoms with Gasteiger partial charge in [0.2, 0.25) is 0 Å². The SMILES string of the molecule is Cc1cc(C(Br)CC(C)C)c(F)cc1F. The van der Waals surface area contributed by atoms with Crippen LogP contribution >= 0.6 is 15.9 Å². The summed E-state index contributed by atoms with van der Waals surface area (Å²) >= 11 is 3.43. The molecule has 0 N–H and O–H groups in total. The maximum absolute atomic E-state index is 13.5. The van der Waals surface area contributed by atoms with Crippen molar-refractivity contribution >= 4 is 15.9 Å². The number of alkyl halides is 1. The lowest BCUT2D eigenvalue weighted by molar-refractivity contribution is 0.540. The molecule has 0 bridgehead atoms. The van der Waals surface area contributed by atoms with Crippen LogP contribution in [0.4, 0.5) is 8.78 Å². The summed E-state index contributed by atoms with van der Waals surface area (Å²) in [5.41, 5.74) is 1.03. The predicted octanol–water partition coefficient (Wildman–Crippen LogP) is 4.76. The number of hydrogen-bond donors (Lipinski definition) is 0. The molecule has 0 amide bonds. The first-order valence-corrected chi connectivity index (χ1v) is 5.93. The van der Waals surface area contributed by atoms with E-state index in [4.69, 9.17) is 0 Å². The van der Waals surface area contributed by atoms with E-state index in [2.05, 4.69) is 29.8 Å². The van der Waals surface area contributed by atoms with E-state index in [1.807, 2.05) is 0 Å². The minimum Gasteiger partial charge on any atom is -0.207 e. The highest BCUT2D eigenvalue weighted by atomic mass is 79.9. The Morgan fingerprint density at radius 1 is 1.20 bits per heavy atom. The molecule has 0 aliphatic carbocycles. The zero-order valence-electron chi connectivity index (χ0n) is 9.15. The third kappa shape index (κ3) is 3.26. The fourth-order valence-corrected chi connectivity index (χ4v) is 2.56. The van der Waals surface area contributed by atoms with Crippen LogP contribution in [0.1, 0.15) is 36.2 Å². The second-order valence-electron chi connectivity index (χ2n) is 4.22. The van der Waals surface area contributed by atoms with Gasteiger partial charge in [-0.1, -0.05) is 29.8 Å². The fourth-order valence-electron chi connectivity index (χ4n) is 1.46. The topological polar surface area (TPSA) is 0 Å². The van der Waals surface area contributed by atoms with Crippen LogP contribution in [-0.4, -0.2) is 0 Å². The van der Waals surface area contributed by atoms with E-state index in [0.29, 0.717) is 17.0 Å². The highest BCUT2D eigenvalue weighted by Crippen LogP contribution is 2.32. The number of rotatable bonds is 3. The molecule has 1 rings (SSSR count). The molecule has 84 valence electrons. The van der Waals surface area contributed by atoms with Crippen LogP contribution in [0.15, 0.2) is 12.1 Å². The quantitative estimate of drug-likeness (QED) is 0.699. The molecule has 0 heterocycles. The normalized spacial score (nSPS) is 13.3. The van der Waals surface area contributed by atoms with Crippen LogP contribution in [0, 0.1) is 24.5 Å². The van der Waals surface area contributed by atoms with Crippen molar-refractivity contribution in [1.29, 1.82) is 0 Å². The molecule has 0 nitrogen and oxygen atoms in total. The van der Waals surface area contributed by atoms with Crippen molar-refractivity contribution in [2.24, 2.45) is 5.92 Å². The summed E-state index contributed by atoms with van der Waals surface area (Å²) < 4.78 is 26.5. The second kappa shape index (κ2) is 5.06. The molecule has 0 aliphatic heterocycles. The van der Waals surface area contributed by atoms with Gasteiger partial charge >= 0.3 is 0 Å². The molecule has 1 atom stereocenters. The standard InChI is InChI=1S/C12H15BrF2/c1-7(2)4-10(13)9-5-8(3)11(14)6-12(9)15/h5-7,10H,4H2,1-3H3. The lowest BCUT2D eigenvalue weighted by Crippen LogP contribution is -2.01. The molecule has 1 aromatic rings. The van der Waals surface area contributed by atoms with Crippen molar-refractivity contribution in [3.8, 4) is 0 Å². The van der Waals surface area contributed by atoms with E-state index >= 15 is 0 Å². The number of halogens is 3. The van der Waals surface area contributed by atoms with E-state index in [0.717, 1.165) is 12.5 Å². The molecule has 0 saturated heterocycles. The molecule has 0 spiro atoms. The smallest absolute Gasteiger partial charge is 0.130 e. The van der Waals surface area contributed by atoms with Crippen molar-refractivity contribution in [3.63, 3.8) is 0 Å². The third-order valence-electron chi connectivity index (χ3n) is 2.29. The van der Waals surface area contributed by atoms with Gasteiger partial charge in [-0.3, -0.25) is 0 Å². The van der Waals surface area contributed by atoms with Gasteiger partial charge in [0.05, 0.1) is 0 Å². The predicted molar refractivity (Wildman–Crippen MR) is 62.2 cm³/mol. The summed E-state index contributed by atoms with van der Waals surface area (Å²) in [6, 6.07) is 2.53. The van der Waals surface area contributed by atoms with E-state index in [1.165, 1.54) is 0 Å². The average Bonchev–Trinajstić information content (AvgIpc) is 2.09. The molecule has 0 saturated carbocycles. The first-order valence-electron chi connectivity index (χ1n) is 5.01. The molecule has 0 aliphatic rings. The van der Waals surface area contributed by atoms with E-state index in [1.54, 1.807) is 13.0 Å². The molecule has 1 unspecified atom stereocenters. The van der Waals surface area contributed by atoms with Crippen LogP contribution in [0.2, 0.25) is 0 Å². The summed E-state index contributed by atoms with van der Waals surface area (Å²) in [6.07, 6.45) is 0.835. The lowest BCUT2D eigenvalue weighted by atomic mass is 10.0. The maximum Gasteiger partial charge on any atom is 0.130 e. The van der Waals surface area contributed by atoms with Gasteiger partial charge in [-0.2, -0.15) is 0 Å². The Hall–Kier alpha value is -0.440. The zero-order chi connectivity index (χ0) is 11.6. The van der Waals surface area contributed by atoms with E-state index in [9.17, 15) is 8.78 Å². The van der Waals surface area contributed by atoms with Crippen molar-refractivity contribution < 1.29 is 8.78 Å². The van der Waals surface area contributed by atoms with Crippen LogP contribution in [0.25, 0.3) is 0 Å². The minimum absolute atomic E-state index is 0.0446. The third-order valence-corrected chi connectivity index (χ3v) is 3.16. The first kappa shape index (κ1) is 12.6. The molecule has 0 radical (unpaired) electrons. The highest BCUT2D eigenvalue weighted by molar-refractivity contribution is 9.09. The monoisotopic (exact) mass is 276 g/mol. The molecule has 0 aromatic heterocycles. The van der Waals surface area contributed by atoms with E-state index < -0.39 is 11.6 Å². The summed E-state index contributed by atoms with van der Waals surface area (Å²) in [4.78, 5) is -0.0446. The maximum atomic E-state index is 13.5. The summed E-state index contributed by atoms with van der Waals surface area (Å²) in [6.45, 7) is 5.79. The van der Waals surface area contributed by atoms with Gasteiger partial charge in [-0.25, -0.2) is 8.78 Å². The molecule has 0 fully saturated rings. The van der Waals surface area contributed by atoms with Crippen LogP contribution in [-0.2, 0) is 0 Å². The lowest BCUT2D eigenvalue weighted by Gasteiger charge is -2.14. The van der Waals surface area contributed by atoms with Gasteiger partial charge in [0.25, 0.3) is 0 Å². The summed E-state index contributed by atoms with van der Waals surface area (Å²) in [5.74, 6) is -0.486. The number of aryl methyl sites for hydroxylation is 1. The summed E-state index contributed by atoms with van der Waals surface area (Å²) in [5, 5.41) is 0. The Bertz CT molecular complexity index is 348. The Labute approximate surface area is 97.8 Å². The first-order chi connectivity index (χ1) is 6.91. The zero-order valence-corrected chi connectivity index (χ0v) is 10.7. The van der Waals surface area contributed by atoms with Crippen molar-refractivity contribution in [2.75, 3.05) is 0 Å². The minimum atomic E-state index is -0.486. The summed E-state index contributed by atoms with van der Waals surface area (Å²) in [7, 11) is 0. The van der Waals surface area contributed by atoms with Gasteiger partial charge in [0.1, 0.15) is 11.6 Å². The van der Waals surface area contributed by atoms with Crippen LogP contribution in [0.5, 0.6) is 0 Å².